The molecule has 3 aromatic carbocycles. The lowest BCUT2D eigenvalue weighted by Crippen LogP contribution is -2.40. The summed E-state index contributed by atoms with van der Waals surface area (Å²) >= 11 is 0. The predicted octanol–water partition coefficient (Wildman–Crippen LogP) is 3.54. The zero-order valence-corrected chi connectivity index (χ0v) is 19.1. The number of ketones is 1. The van der Waals surface area contributed by atoms with Crippen LogP contribution in [0.25, 0.3) is 0 Å². The lowest BCUT2D eigenvalue weighted by Gasteiger charge is -2.26. The van der Waals surface area contributed by atoms with Crippen LogP contribution in [0.1, 0.15) is 20.7 Å². The first-order chi connectivity index (χ1) is 16.4. The summed E-state index contributed by atoms with van der Waals surface area (Å²) in [5.41, 5.74) is 0.425. The van der Waals surface area contributed by atoms with E-state index >= 15 is 0 Å². The Balaban J connectivity index is 1.39. The first-order valence-corrected chi connectivity index (χ1v) is 12.1. The van der Waals surface area contributed by atoms with Gasteiger partial charge in [-0.25, -0.2) is 13.2 Å². The van der Waals surface area contributed by atoms with Crippen LogP contribution in [0.2, 0.25) is 0 Å². The molecule has 0 N–H and O–H groups in total. The second kappa shape index (κ2) is 10.6. The van der Waals surface area contributed by atoms with Crippen molar-refractivity contribution in [3.8, 4) is 11.5 Å². The number of benzene rings is 3. The number of nitrogens with zero attached hydrogens (tertiary/aromatic N) is 1. The number of carbonyl (C=O) groups excluding carboxylic acids is 2. The average Bonchev–Trinajstić information content (AvgIpc) is 2.88. The lowest BCUT2D eigenvalue weighted by molar-refractivity contribution is 0.0472. The fraction of sp³-hybridized carbons (Fsp3) is 0.200. The number of rotatable bonds is 8. The van der Waals surface area contributed by atoms with Crippen LogP contribution in [0.4, 0.5) is 0 Å². The number of sulfonamides is 1. The molecule has 0 saturated carbocycles. The maximum Gasteiger partial charge on any atom is 0.342 e. The van der Waals surface area contributed by atoms with Gasteiger partial charge in [0.05, 0.1) is 18.1 Å². The maximum absolute atomic E-state index is 12.7. The highest BCUT2D eigenvalue weighted by atomic mass is 32.2. The predicted molar refractivity (Wildman–Crippen MR) is 124 cm³/mol. The normalized spacial score (nSPS) is 14.4. The minimum absolute atomic E-state index is 0.0925. The molecule has 0 aliphatic carbocycles. The molecule has 1 heterocycles. The third-order valence-corrected chi connectivity index (χ3v) is 7.11. The summed E-state index contributed by atoms with van der Waals surface area (Å²) in [6.45, 7) is 0.776. The van der Waals surface area contributed by atoms with Gasteiger partial charge in [0.1, 0.15) is 17.1 Å². The van der Waals surface area contributed by atoms with Crippen LogP contribution in [0.15, 0.2) is 83.8 Å². The molecule has 1 fully saturated rings. The van der Waals surface area contributed by atoms with E-state index in [0.29, 0.717) is 24.7 Å². The largest absolute Gasteiger partial charge is 0.456 e. The fourth-order valence-corrected chi connectivity index (χ4v) is 4.79. The summed E-state index contributed by atoms with van der Waals surface area (Å²) in [5, 5.41) is 0. The van der Waals surface area contributed by atoms with Crippen LogP contribution in [0, 0.1) is 0 Å². The zero-order valence-electron chi connectivity index (χ0n) is 18.3. The fourth-order valence-electron chi connectivity index (χ4n) is 3.38. The number of hydrogen-bond donors (Lipinski definition) is 0. The number of hydrogen-bond acceptors (Lipinski definition) is 7. The number of Topliss-reactive ketones (excluding diaryl/α,β-unsaturated/α-hetero) is 1. The smallest absolute Gasteiger partial charge is 0.342 e. The van der Waals surface area contributed by atoms with E-state index in [-0.39, 0.29) is 29.1 Å². The maximum atomic E-state index is 12.7. The van der Waals surface area contributed by atoms with Gasteiger partial charge in [0.2, 0.25) is 10.0 Å². The van der Waals surface area contributed by atoms with Crippen molar-refractivity contribution in [3.63, 3.8) is 0 Å². The molecule has 0 radical (unpaired) electrons. The van der Waals surface area contributed by atoms with Gasteiger partial charge >= 0.3 is 5.97 Å². The van der Waals surface area contributed by atoms with Crippen LogP contribution < -0.4 is 4.74 Å². The highest BCUT2D eigenvalue weighted by Gasteiger charge is 2.26. The molecule has 0 aromatic heterocycles. The van der Waals surface area contributed by atoms with Gasteiger partial charge in [-0.1, -0.05) is 30.3 Å². The number of para-hydroxylation sites is 2. The van der Waals surface area contributed by atoms with Crippen molar-refractivity contribution in [2.75, 3.05) is 32.9 Å². The van der Waals surface area contributed by atoms with Crippen LogP contribution in [0.5, 0.6) is 11.5 Å². The van der Waals surface area contributed by atoms with Crippen LogP contribution in [0.3, 0.4) is 0 Å². The number of carbonyl (C=O) groups is 2. The Labute approximate surface area is 197 Å². The minimum Gasteiger partial charge on any atom is -0.456 e. The standard InChI is InChI=1S/C25H23NO7S/c27-23(19-10-12-21(13-11-19)34(29,30)26-14-16-31-17-15-26)18-32-25(28)22-8-4-5-9-24(22)33-20-6-2-1-3-7-20/h1-13H,14-18H2. The first-order valence-electron chi connectivity index (χ1n) is 10.7. The summed E-state index contributed by atoms with van der Waals surface area (Å²) < 4.78 is 42.9. The zero-order chi connectivity index (χ0) is 24.0. The van der Waals surface area contributed by atoms with Gasteiger partial charge in [-0.2, -0.15) is 4.31 Å². The molecule has 34 heavy (non-hydrogen) atoms. The molecule has 8 nitrogen and oxygen atoms in total. The Morgan fingerprint density at radius 3 is 2.21 bits per heavy atom. The van der Waals surface area contributed by atoms with E-state index in [2.05, 4.69) is 0 Å². The van der Waals surface area contributed by atoms with Crippen molar-refractivity contribution in [1.29, 1.82) is 0 Å². The van der Waals surface area contributed by atoms with Crippen molar-refractivity contribution in [1.82, 2.24) is 4.31 Å². The molecule has 0 atom stereocenters. The van der Waals surface area contributed by atoms with Gasteiger partial charge in [-0.3, -0.25) is 4.79 Å². The molecule has 0 unspecified atom stereocenters. The van der Waals surface area contributed by atoms with E-state index in [1.165, 1.54) is 28.6 Å². The highest BCUT2D eigenvalue weighted by molar-refractivity contribution is 7.89. The second-order valence-corrected chi connectivity index (χ2v) is 9.39. The summed E-state index contributed by atoms with van der Waals surface area (Å²) in [6.07, 6.45) is 0. The van der Waals surface area contributed by atoms with Crippen molar-refractivity contribution in [2.45, 2.75) is 4.90 Å². The molecule has 3 aromatic rings. The monoisotopic (exact) mass is 481 g/mol. The van der Waals surface area contributed by atoms with Gasteiger partial charge in [-0.05, 0) is 48.5 Å². The van der Waals surface area contributed by atoms with Gasteiger partial charge in [0.15, 0.2) is 12.4 Å². The Bertz CT molecular complexity index is 1250. The molecule has 0 spiro atoms. The van der Waals surface area contributed by atoms with Crippen molar-refractivity contribution in [2.24, 2.45) is 0 Å². The molecule has 0 amide bonds. The SMILES string of the molecule is O=C(COC(=O)c1ccccc1Oc1ccccc1)c1ccc(S(=O)(=O)N2CCOCC2)cc1. The summed E-state index contributed by atoms with van der Waals surface area (Å²) in [5.74, 6) is -0.286. The van der Waals surface area contributed by atoms with Crippen LogP contribution in [-0.2, 0) is 19.5 Å². The Kier molecular flexibility index (Phi) is 7.36. The van der Waals surface area contributed by atoms with Gasteiger partial charge in [-0.15, -0.1) is 0 Å². The Hall–Kier alpha value is -3.53. The Morgan fingerprint density at radius 2 is 1.50 bits per heavy atom. The van der Waals surface area contributed by atoms with E-state index in [0.717, 1.165) is 0 Å². The highest BCUT2D eigenvalue weighted by Crippen LogP contribution is 2.25. The number of esters is 1. The van der Waals surface area contributed by atoms with Gasteiger partial charge in [0, 0.05) is 18.7 Å². The molecule has 1 aliphatic rings. The minimum atomic E-state index is -3.65. The molecule has 9 heteroatoms. The quantitative estimate of drug-likeness (QED) is 0.358. The molecule has 4 rings (SSSR count). The first kappa shape index (κ1) is 23.6. The van der Waals surface area contributed by atoms with Crippen LogP contribution in [-0.4, -0.2) is 57.4 Å². The molecule has 1 saturated heterocycles. The summed E-state index contributed by atoms with van der Waals surface area (Å²) in [6, 6.07) is 21.2. The molecule has 1 aliphatic heterocycles. The Morgan fingerprint density at radius 1 is 0.853 bits per heavy atom. The third-order valence-electron chi connectivity index (χ3n) is 5.20. The van der Waals surface area contributed by atoms with E-state index in [4.69, 9.17) is 14.2 Å². The van der Waals surface area contributed by atoms with Crippen molar-refractivity contribution >= 4 is 21.8 Å². The van der Waals surface area contributed by atoms with Crippen LogP contribution >= 0.6 is 0 Å². The van der Waals surface area contributed by atoms with Gasteiger partial charge in [0.25, 0.3) is 0 Å². The topological polar surface area (TPSA) is 99.2 Å². The lowest BCUT2D eigenvalue weighted by atomic mass is 10.1. The van der Waals surface area contributed by atoms with Gasteiger partial charge < -0.3 is 14.2 Å². The van der Waals surface area contributed by atoms with E-state index in [1.54, 1.807) is 36.4 Å². The van der Waals surface area contributed by atoms with E-state index in [1.807, 2.05) is 18.2 Å². The van der Waals surface area contributed by atoms with E-state index < -0.39 is 28.4 Å². The number of ether oxygens (including phenoxy) is 3. The number of morpholine rings is 1. The molecule has 0 bridgehead atoms. The third kappa shape index (κ3) is 5.51. The molecule has 176 valence electrons. The van der Waals surface area contributed by atoms with Crippen molar-refractivity contribution in [3.05, 3.63) is 90.0 Å². The molecular formula is C25H23NO7S. The second-order valence-electron chi connectivity index (χ2n) is 7.45. The van der Waals surface area contributed by atoms with E-state index in [9.17, 15) is 18.0 Å². The average molecular weight is 482 g/mol. The summed E-state index contributed by atoms with van der Waals surface area (Å²) in [7, 11) is -3.65. The molecular weight excluding hydrogens is 458 g/mol. The van der Waals surface area contributed by atoms with Crippen molar-refractivity contribution < 1.29 is 32.2 Å². The summed E-state index contributed by atoms with van der Waals surface area (Å²) in [4.78, 5) is 25.2.